The second-order valence-electron chi connectivity index (χ2n) is 6.06. The van der Waals surface area contributed by atoms with Crippen molar-refractivity contribution in [2.45, 2.75) is 48.3 Å². The van der Waals surface area contributed by atoms with E-state index >= 15 is 0 Å². The van der Waals surface area contributed by atoms with Crippen LogP contribution in [0.3, 0.4) is 0 Å². The van der Waals surface area contributed by atoms with Gasteiger partial charge in [0.1, 0.15) is 0 Å². The standard InChI is InChI=1S/C14H10ClF9O/c1-9(25,7-2-4-8(15)5-3-7)6-10(16)11(17,18)13(21,22)14(23,24)12(10,19)20/h2-5,25H,6H2,1H3. The molecule has 1 N–H and O–H groups in total. The molecule has 0 heterocycles. The summed E-state index contributed by atoms with van der Waals surface area (Å²) in [6, 6.07) is 4.00. The number of hydrogen-bond acceptors (Lipinski definition) is 1. The number of alkyl halides is 9. The molecule has 1 atom stereocenters. The van der Waals surface area contributed by atoms with Crippen molar-refractivity contribution in [3.63, 3.8) is 0 Å². The average Bonchev–Trinajstić information content (AvgIpc) is 2.49. The summed E-state index contributed by atoms with van der Waals surface area (Å²) in [6.45, 7) is 0.554. The van der Waals surface area contributed by atoms with E-state index < -0.39 is 46.9 Å². The topological polar surface area (TPSA) is 20.2 Å². The Kier molecular flexibility index (Phi) is 4.18. The molecule has 1 saturated carbocycles. The van der Waals surface area contributed by atoms with Crippen molar-refractivity contribution in [1.29, 1.82) is 0 Å². The highest BCUT2D eigenvalue weighted by Gasteiger charge is 3.00. The first-order chi connectivity index (χ1) is 11.0. The Morgan fingerprint density at radius 2 is 1.16 bits per heavy atom. The molecule has 11 heteroatoms. The molecule has 25 heavy (non-hydrogen) atoms. The monoisotopic (exact) mass is 400 g/mol. The molecule has 1 aliphatic carbocycles. The van der Waals surface area contributed by atoms with E-state index in [9.17, 15) is 44.6 Å². The number of benzene rings is 1. The zero-order valence-electron chi connectivity index (χ0n) is 12.2. The summed E-state index contributed by atoms with van der Waals surface area (Å²) >= 11 is 5.53. The number of rotatable bonds is 3. The van der Waals surface area contributed by atoms with Crippen LogP contribution in [0.15, 0.2) is 24.3 Å². The Labute approximate surface area is 140 Å². The summed E-state index contributed by atoms with van der Waals surface area (Å²) in [5.74, 6) is -26.2. The zero-order valence-corrected chi connectivity index (χ0v) is 13.0. The molecule has 1 aromatic rings. The normalized spacial score (nSPS) is 27.7. The van der Waals surface area contributed by atoms with Crippen molar-refractivity contribution in [3.8, 4) is 0 Å². The predicted octanol–water partition coefficient (Wildman–Crippen LogP) is 5.20. The molecule has 0 saturated heterocycles. The molecule has 1 fully saturated rings. The third-order valence-corrected chi connectivity index (χ3v) is 4.48. The highest BCUT2D eigenvalue weighted by atomic mass is 35.5. The second kappa shape index (κ2) is 5.18. The fourth-order valence-corrected chi connectivity index (χ4v) is 2.82. The lowest BCUT2D eigenvalue weighted by Gasteiger charge is -2.36. The number of hydrogen-bond donors (Lipinski definition) is 1. The van der Waals surface area contributed by atoms with Crippen LogP contribution in [0.1, 0.15) is 18.9 Å². The van der Waals surface area contributed by atoms with Crippen molar-refractivity contribution in [2.24, 2.45) is 0 Å². The van der Waals surface area contributed by atoms with Crippen molar-refractivity contribution >= 4 is 11.6 Å². The van der Waals surface area contributed by atoms with Crippen LogP contribution in [-0.4, -0.2) is 34.5 Å². The molecule has 1 unspecified atom stereocenters. The summed E-state index contributed by atoms with van der Waals surface area (Å²) in [5, 5.41) is 10.1. The zero-order chi connectivity index (χ0) is 19.7. The molecule has 142 valence electrons. The molecule has 2 rings (SSSR count). The lowest BCUT2D eigenvalue weighted by molar-refractivity contribution is -0.303. The fraction of sp³-hybridized carbons (Fsp3) is 0.571. The van der Waals surface area contributed by atoms with Crippen LogP contribution in [0.4, 0.5) is 39.5 Å². The van der Waals surface area contributed by atoms with E-state index in [4.69, 9.17) is 11.6 Å². The Morgan fingerprint density at radius 3 is 1.52 bits per heavy atom. The molecule has 0 radical (unpaired) electrons. The second-order valence-corrected chi connectivity index (χ2v) is 6.49. The minimum atomic E-state index is -6.66. The third kappa shape index (κ3) is 2.29. The fourth-order valence-electron chi connectivity index (χ4n) is 2.70. The SMILES string of the molecule is CC(O)(CC1(F)C(F)(F)C(F)(F)C(F)(F)C1(F)F)c1ccc(Cl)cc1. The van der Waals surface area contributed by atoms with Gasteiger partial charge in [0.15, 0.2) is 0 Å². The molecule has 1 nitrogen and oxygen atoms in total. The maximum Gasteiger partial charge on any atom is 0.381 e. The quantitative estimate of drug-likeness (QED) is 0.691. The van der Waals surface area contributed by atoms with Crippen LogP contribution >= 0.6 is 11.6 Å². The van der Waals surface area contributed by atoms with Crippen LogP contribution in [0.25, 0.3) is 0 Å². The van der Waals surface area contributed by atoms with Crippen molar-refractivity contribution in [1.82, 2.24) is 0 Å². The summed E-state index contributed by atoms with van der Waals surface area (Å²) < 4.78 is 122. The van der Waals surface area contributed by atoms with Gasteiger partial charge in [0, 0.05) is 11.4 Å². The van der Waals surface area contributed by atoms with Gasteiger partial charge in [-0.2, -0.15) is 35.1 Å². The maximum atomic E-state index is 14.5. The van der Waals surface area contributed by atoms with Crippen LogP contribution in [0, 0.1) is 0 Å². The first-order valence-electron chi connectivity index (χ1n) is 6.64. The van der Waals surface area contributed by atoms with Crippen molar-refractivity contribution < 1.29 is 44.6 Å². The Balaban J connectivity index is 2.58. The third-order valence-electron chi connectivity index (χ3n) is 4.23. The smallest absolute Gasteiger partial charge is 0.381 e. The molecule has 0 bridgehead atoms. The van der Waals surface area contributed by atoms with Crippen molar-refractivity contribution in [2.75, 3.05) is 0 Å². The average molecular weight is 401 g/mol. The summed E-state index contributed by atoms with van der Waals surface area (Å²) in [5.41, 5.74) is -9.07. The summed E-state index contributed by atoms with van der Waals surface area (Å²) in [7, 11) is 0. The van der Waals surface area contributed by atoms with Gasteiger partial charge < -0.3 is 5.11 Å². The largest absolute Gasteiger partial charge is 0.385 e. The van der Waals surface area contributed by atoms with Crippen LogP contribution < -0.4 is 0 Å². The molecular weight excluding hydrogens is 391 g/mol. The molecule has 0 amide bonds. The predicted molar refractivity (Wildman–Crippen MR) is 69.3 cm³/mol. The van der Waals surface area contributed by atoms with E-state index in [-0.39, 0.29) is 5.02 Å². The highest BCUT2D eigenvalue weighted by molar-refractivity contribution is 6.30. The molecule has 0 aliphatic heterocycles. The molecule has 0 spiro atoms. The van der Waals surface area contributed by atoms with Gasteiger partial charge >= 0.3 is 23.7 Å². The first-order valence-corrected chi connectivity index (χ1v) is 7.02. The number of halogens is 10. The van der Waals surface area contributed by atoms with E-state index in [0.29, 0.717) is 6.92 Å². The Morgan fingerprint density at radius 1 is 0.800 bits per heavy atom. The van der Waals surface area contributed by atoms with Gasteiger partial charge in [-0.3, -0.25) is 0 Å². The van der Waals surface area contributed by atoms with Crippen molar-refractivity contribution in [3.05, 3.63) is 34.9 Å². The lowest BCUT2D eigenvalue weighted by Crippen LogP contribution is -2.57. The maximum absolute atomic E-state index is 14.5. The van der Waals surface area contributed by atoms with Crippen LogP contribution in [0.5, 0.6) is 0 Å². The summed E-state index contributed by atoms with van der Waals surface area (Å²) in [6.07, 6.45) is -2.41. The van der Waals surface area contributed by atoms with Gasteiger partial charge in [-0.15, -0.1) is 0 Å². The lowest BCUT2D eigenvalue weighted by atomic mass is 9.80. The van der Waals surface area contributed by atoms with Gasteiger partial charge in [0.25, 0.3) is 5.67 Å². The highest BCUT2D eigenvalue weighted by Crippen LogP contribution is 2.70. The summed E-state index contributed by atoms with van der Waals surface area (Å²) in [4.78, 5) is 0. The van der Waals surface area contributed by atoms with E-state index in [1.165, 1.54) is 0 Å². The van der Waals surface area contributed by atoms with Gasteiger partial charge in [0.2, 0.25) is 0 Å². The van der Waals surface area contributed by atoms with E-state index in [2.05, 4.69) is 0 Å². The van der Waals surface area contributed by atoms with Gasteiger partial charge in [0.05, 0.1) is 5.60 Å². The molecule has 0 aromatic heterocycles. The van der Waals surface area contributed by atoms with Crippen LogP contribution in [-0.2, 0) is 5.60 Å². The Hall–Kier alpha value is -1.16. The van der Waals surface area contributed by atoms with E-state index in [1.54, 1.807) is 0 Å². The Bertz CT molecular complexity index is 643. The minimum Gasteiger partial charge on any atom is -0.385 e. The molecule has 1 aliphatic rings. The molecule has 1 aromatic carbocycles. The van der Waals surface area contributed by atoms with E-state index in [0.717, 1.165) is 24.3 Å². The van der Waals surface area contributed by atoms with Gasteiger partial charge in [-0.25, -0.2) is 4.39 Å². The van der Waals surface area contributed by atoms with E-state index in [1.807, 2.05) is 0 Å². The van der Waals surface area contributed by atoms with Crippen LogP contribution in [0.2, 0.25) is 5.02 Å². The van der Waals surface area contributed by atoms with Gasteiger partial charge in [-0.05, 0) is 24.6 Å². The van der Waals surface area contributed by atoms with Gasteiger partial charge in [-0.1, -0.05) is 23.7 Å². The number of aliphatic hydroxyl groups is 1. The first kappa shape index (κ1) is 20.2. The molecular formula is C14H10ClF9O. The minimum absolute atomic E-state index is 0.0732.